The molecule has 0 saturated carbocycles. The minimum absolute atomic E-state index is 0.241. The molecule has 1 aromatic rings. The first-order valence-corrected chi connectivity index (χ1v) is 7.34. The Morgan fingerprint density at radius 3 is 2.64 bits per heavy atom. The van der Waals surface area contributed by atoms with Crippen molar-refractivity contribution in [3.05, 3.63) is 29.3 Å². The number of aryl methyl sites for hydroxylation is 1. The average molecular weight is 306 g/mol. The Morgan fingerprint density at radius 1 is 1.27 bits per heavy atom. The molecule has 1 atom stereocenters. The minimum atomic E-state index is -0.553. The number of hydrogen-bond donors (Lipinski definition) is 3. The second kappa shape index (κ2) is 6.36. The van der Waals surface area contributed by atoms with Crippen molar-refractivity contribution in [2.24, 2.45) is 5.92 Å². The number of hydrogen-bond acceptors (Lipinski definition) is 4. The number of carbonyl (C=O) groups is 2. The summed E-state index contributed by atoms with van der Waals surface area (Å²) in [6.45, 7) is 5.41. The van der Waals surface area contributed by atoms with Crippen molar-refractivity contribution >= 4 is 17.7 Å². The monoisotopic (exact) mass is 306 g/mol. The Hall–Kier alpha value is -2.08. The summed E-state index contributed by atoms with van der Waals surface area (Å²) in [5.41, 5.74) is 3.96. The molecule has 2 rings (SSSR count). The molecule has 0 fully saturated rings. The molecule has 0 heterocycles. The molecule has 1 aliphatic rings. The van der Waals surface area contributed by atoms with Gasteiger partial charge in [-0.05, 0) is 63.3 Å². The molecule has 3 N–H and O–H groups in total. The van der Waals surface area contributed by atoms with E-state index in [-0.39, 0.29) is 11.8 Å². The number of amides is 2. The van der Waals surface area contributed by atoms with Gasteiger partial charge in [-0.25, -0.2) is 10.3 Å². The van der Waals surface area contributed by atoms with E-state index in [1.165, 1.54) is 0 Å². The first kappa shape index (κ1) is 16.3. The van der Waals surface area contributed by atoms with Crippen molar-refractivity contribution in [3.63, 3.8) is 0 Å². The average Bonchev–Trinajstić information content (AvgIpc) is 2.43. The highest BCUT2D eigenvalue weighted by atomic mass is 16.6. The lowest BCUT2D eigenvalue weighted by Crippen LogP contribution is -2.32. The minimum Gasteiger partial charge on any atom is -0.444 e. The lowest BCUT2D eigenvalue weighted by molar-refractivity contribution is -0.133. The fraction of sp³-hybridized carbons (Fsp3) is 0.500. The summed E-state index contributed by atoms with van der Waals surface area (Å²) in [7, 11) is 0. The van der Waals surface area contributed by atoms with Crippen LogP contribution in [-0.2, 0) is 22.4 Å². The van der Waals surface area contributed by atoms with Gasteiger partial charge in [0.05, 0.1) is 0 Å². The lowest BCUT2D eigenvalue weighted by atomic mass is 9.83. The Labute approximate surface area is 129 Å². The van der Waals surface area contributed by atoms with Crippen LogP contribution in [0, 0.1) is 5.92 Å². The summed E-state index contributed by atoms with van der Waals surface area (Å²) >= 11 is 0. The fourth-order valence-electron chi connectivity index (χ4n) is 2.57. The Bertz CT molecular complexity index is 578. The van der Waals surface area contributed by atoms with E-state index in [0.717, 1.165) is 17.5 Å². The zero-order valence-electron chi connectivity index (χ0n) is 13.1. The SMILES string of the molecule is CC(C)(C)OC(=O)Nc1ccc2c(c1)CC(C(=O)NO)CC2. The summed E-state index contributed by atoms with van der Waals surface area (Å²) in [6.07, 6.45) is 1.53. The van der Waals surface area contributed by atoms with Gasteiger partial charge >= 0.3 is 6.09 Å². The summed E-state index contributed by atoms with van der Waals surface area (Å²) in [4.78, 5) is 23.3. The highest BCUT2D eigenvalue weighted by molar-refractivity contribution is 5.85. The molecule has 6 nitrogen and oxygen atoms in total. The first-order chi connectivity index (χ1) is 10.3. The van der Waals surface area contributed by atoms with Crippen LogP contribution >= 0.6 is 0 Å². The van der Waals surface area contributed by atoms with E-state index in [0.29, 0.717) is 18.5 Å². The topological polar surface area (TPSA) is 87.7 Å². The predicted octanol–water partition coefficient (Wildman–Crippen LogP) is 2.64. The summed E-state index contributed by atoms with van der Waals surface area (Å²) in [5.74, 6) is -0.606. The standard InChI is InChI=1S/C16H22N2O4/c1-16(2,3)22-15(20)17-13-7-6-10-4-5-11(14(19)18-21)8-12(10)9-13/h6-7,9,11,21H,4-5,8H2,1-3H3,(H,17,20)(H,18,19). The summed E-state index contributed by atoms with van der Waals surface area (Å²) < 4.78 is 5.22. The quantitative estimate of drug-likeness (QED) is 0.579. The molecule has 0 saturated heterocycles. The number of hydroxylamine groups is 1. The van der Waals surface area contributed by atoms with Crippen LogP contribution in [0.2, 0.25) is 0 Å². The molecule has 0 radical (unpaired) electrons. The van der Waals surface area contributed by atoms with Gasteiger partial charge in [0.2, 0.25) is 5.91 Å². The molecule has 0 spiro atoms. The number of carbonyl (C=O) groups excluding carboxylic acids is 2. The highest BCUT2D eigenvalue weighted by Gasteiger charge is 2.25. The molecule has 6 heteroatoms. The van der Waals surface area contributed by atoms with E-state index in [2.05, 4.69) is 5.32 Å². The summed E-state index contributed by atoms with van der Waals surface area (Å²) in [5, 5.41) is 11.4. The van der Waals surface area contributed by atoms with Crippen molar-refractivity contribution in [1.29, 1.82) is 0 Å². The molecule has 2 amide bonds. The largest absolute Gasteiger partial charge is 0.444 e. The van der Waals surface area contributed by atoms with Crippen LogP contribution in [0.4, 0.5) is 10.5 Å². The normalized spacial score (nSPS) is 17.4. The van der Waals surface area contributed by atoms with Gasteiger partial charge in [0.1, 0.15) is 5.60 Å². The molecule has 1 aliphatic carbocycles. The highest BCUT2D eigenvalue weighted by Crippen LogP contribution is 2.28. The van der Waals surface area contributed by atoms with Gasteiger partial charge in [-0.2, -0.15) is 0 Å². The zero-order valence-corrected chi connectivity index (χ0v) is 13.1. The molecule has 120 valence electrons. The fourth-order valence-corrected chi connectivity index (χ4v) is 2.57. The molecule has 1 aromatic carbocycles. The lowest BCUT2D eigenvalue weighted by Gasteiger charge is -2.24. The number of anilines is 1. The van der Waals surface area contributed by atoms with E-state index in [4.69, 9.17) is 9.94 Å². The van der Waals surface area contributed by atoms with E-state index in [1.807, 2.05) is 18.2 Å². The van der Waals surface area contributed by atoms with Gasteiger partial charge < -0.3 is 4.74 Å². The van der Waals surface area contributed by atoms with E-state index in [9.17, 15) is 9.59 Å². The van der Waals surface area contributed by atoms with Crippen LogP contribution in [-0.4, -0.2) is 22.8 Å². The van der Waals surface area contributed by atoms with E-state index >= 15 is 0 Å². The van der Waals surface area contributed by atoms with Gasteiger partial charge in [-0.15, -0.1) is 0 Å². The van der Waals surface area contributed by atoms with Crippen LogP contribution in [0.3, 0.4) is 0 Å². The van der Waals surface area contributed by atoms with Gasteiger partial charge in [-0.1, -0.05) is 6.07 Å². The maximum absolute atomic E-state index is 11.8. The number of rotatable bonds is 2. The molecular weight excluding hydrogens is 284 g/mol. The van der Waals surface area contributed by atoms with Crippen molar-refractivity contribution in [2.75, 3.05) is 5.32 Å². The smallest absolute Gasteiger partial charge is 0.412 e. The molecular formula is C16H22N2O4. The third-order valence-electron chi connectivity index (χ3n) is 3.56. The van der Waals surface area contributed by atoms with Crippen molar-refractivity contribution in [2.45, 2.75) is 45.6 Å². The molecule has 22 heavy (non-hydrogen) atoms. The third kappa shape index (κ3) is 4.21. The van der Waals surface area contributed by atoms with Crippen LogP contribution in [0.5, 0.6) is 0 Å². The van der Waals surface area contributed by atoms with E-state index < -0.39 is 11.7 Å². The first-order valence-electron chi connectivity index (χ1n) is 7.34. The van der Waals surface area contributed by atoms with Crippen LogP contribution in [0.25, 0.3) is 0 Å². The number of ether oxygens (including phenoxy) is 1. The summed E-state index contributed by atoms with van der Waals surface area (Å²) in [6, 6.07) is 5.64. The number of nitrogens with one attached hydrogen (secondary N) is 2. The van der Waals surface area contributed by atoms with Gasteiger partial charge in [0.25, 0.3) is 0 Å². The molecule has 0 aliphatic heterocycles. The maximum atomic E-state index is 11.8. The van der Waals surface area contributed by atoms with Crippen molar-refractivity contribution in [1.82, 2.24) is 5.48 Å². The molecule has 0 aromatic heterocycles. The second-order valence-electron chi connectivity index (χ2n) is 6.53. The van der Waals surface area contributed by atoms with E-state index in [1.54, 1.807) is 26.3 Å². The Balaban J connectivity index is 2.08. The molecule has 0 bridgehead atoms. The maximum Gasteiger partial charge on any atom is 0.412 e. The number of fused-ring (bicyclic) bond motifs is 1. The Kier molecular flexibility index (Phi) is 4.71. The third-order valence-corrected chi connectivity index (χ3v) is 3.56. The van der Waals surface area contributed by atoms with Crippen molar-refractivity contribution in [3.8, 4) is 0 Å². The molecule has 1 unspecified atom stereocenters. The van der Waals surface area contributed by atoms with Gasteiger partial charge in [-0.3, -0.25) is 15.3 Å². The van der Waals surface area contributed by atoms with Gasteiger partial charge in [0, 0.05) is 11.6 Å². The van der Waals surface area contributed by atoms with Crippen molar-refractivity contribution < 1.29 is 19.5 Å². The van der Waals surface area contributed by atoms with Crippen LogP contribution < -0.4 is 10.8 Å². The second-order valence-corrected chi connectivity index (χ2v) is 6.53. The number of benzene rings is 1. The Morgan fingerprint density at radius 2 is 2.00 bits per heavy atom. The van der Waals surface area contributed by atoms with Crippen LogP contribution in [0.1, 0.15) is 38.3 Å². The van der Waals surface area contributed by atoms with Gasteiger partial charge in [0.15, 0.2) is 0 Å². The predicted molar refractivity (Wildman–Crippen MR) is 81.7 cm³/mol. The van der Waals surface area contributed by atoms with Crippen LogP contribution in [0.15, 0.2) is 18.2 Å². The zero-order chi connectivity index (χ0) is 16.3.